The molecule has 86 valence electrons. The van der Waals surface area contributed by atoms with Crippen LogP contribution in [-0.4, -0.2) is 9.78 Å². The molecule has 0 saturated heterocycles. The van der Waals surface area contributed by atoms with Gasteiger partial charge in [0.05, 0.1) is 5.69 Å². The second kappa shape index (κ2) is 4.80. The molecule has 0 amide bonds. The van der Waals surface area contributed by atoms with Crippen LogP contribution in [0.4, 0.5) is 0 Å². The average Bonchev–Trinajstić information content (AvgIpc) is 2.84. The van der Waals surface area contributed by atoms with Crippen LogP contribution in [-0.2, 0) is 13.6 Å². The van der Waals surface area contributed by atoms with Gasteiger partial charge in [0.1, 0.15) is 0 Å². The Morgan fingerprint density at radius 1 is 1.44 bits per heavy atom. The van der Waals surface area contributed by atoms with Crippen LogP contribution in [0, 0.1) is 6.92 Å². The van der Waals surface area contributed by atoms with Crippen molar-refractivity contribution in [1.29, 1.82) is 0 Å². The summed E-state index contributed by atoms with van der Waals surface area (Å²) >= 11 is 1.85. The lowest BCUT2D eigenvalue weighted by atomic mass is 10.2. The summed E-state index contributed by atoms with van der Waals surface area (Å²) < 4.78 is 1.90. The quantitative estimate of drug-likeness (QED) is 0.883. The van der Waals surface area contributed by atoms with Gasteiger partial charge in [0.2, 0.25) is 0 Å². The van der Waals surface area contributed by atoms with Crippen LogP contribution in [0.15, 0.2) is 24.4 Å². The molecule has 4 heteroatoms. The van der Waals surface area contributed by atoms with Crippen LogP contribution < -0.4 is 5.32 Å². The Kier molecular flexibility index (Phi) is 3.41. The highest BCUT2D eigenvalue weighted by Crippen LogP contribution is 2.22. The van der Waals surface area contributed by atoms with E-state index < -0.39 is 0 Å². The molecule has 0 spiro atoms. The molecule has 2 rings (SSSR count). The van der Waals surface area contributed by atoms with Gasteiger partial charge in [-0.3, -0.25) is 4.68 Å². The molecular weight excluding hydrogens is 218 g/mol. The SMILES string of the molecule is Cc1ccc(C(C)NCc2ccnn2C)s1. The van der Waals surface area contributed by atoms with E-state index in [9.17, 15) is 0 Å². The molecular formula is C12H17N3S. The molecule has 0 aliphatic carbocycles. The maximum atomic E-state index is 4.15. The fraction of sp³-hybridized carbons (Fsp3) is 0.417. The molecule has 0 saturated carbocycles. The zero-order valence-electron chi connectivity index (χ0n) is 9.90. The van der Waals surface area contributed by atoms with Crippen LogP contribution in [0.2, 0.25) is 0 Å². The van der Waals surface area contributed by atoms with E-state index in [4.69, 9.17) is 0 Å². The van der Waals surface area contributed by atoms with Crippen LogP contribution in [0.25, 0.3) is 0 Å². The van der Waals surface area contributed by atoms with Gasteiger partial charge in [-0.2, -0.15) is 5.10 Å². The molecule has 0 aliphatic heterocycles. The van der Waals surface area contributed by atoms with Crippen molar-refractivity contribution in [3.63, 3.8) is 0 Å². The fourth-order valence-corrected chi connectivity index (χ4v) is 2.52. The first-order valence-electron chi connectivity index (χ1n) is 5.43. The summed E-state index contributed by atoms with van der Waals surface area (Å²) in [4.78, 5) is 2.75. The van der Waals surface area contributed by atoms with E-state index in [-0.39, 0.29) is 0 Å². The van der Waals surface area contributed by atoms with Crippen molar-refractivity contribution in [3.8, 4) is 0 Å². The summed E-state index contributed by atoms with van der Waals surface area (Å²) in [6, 6.07) is 6.80. The van der Waals surface area contributed by atoms with Crippen LogP contribution >= 0.6 is 11.3 Å². The van der Waals surface area contributed by atoms with E-state index in [1.807, 2.05) is 35.3 Å². The second-order valence-electron chi connectivity index (χ2n) is 4.00. The highest BCUT2D eigenvalue weighted by atomic mass is 32.1. The molecule has 16 heavy (non-hydrogen) atoms. The smallest absolute Gasteiger partial charge is 0.0518 e. The molecule has 2 aromatic heterocycles. The van der Waals surface area contributed by atoms with Gasteiger partial charge in [-0.05, 0) is 32.0 Å². The summed E-state index contributed by atoms with van der Waals surface area (Å²) in [7, 11) is 1.97. The summed E-state index contributed by atoms with van der Waals surface area (Å²) in [5.41, 5.74) is 1.21. The third-order valence-electron chi connectivity index (χ3n) is 2.70. The molecule has 0 aromatic carbocycles. The van der Waals surface area contributed by atoms with Crippen molar-refractivity contribution in [1.82, 2.24) is 15.1 Å². The van der Waals surface area contributed by atoms with Gasteiger partial charge in [0.15, 0.2) is 0 Å². The van der Waals surface area contributed by atoms with Gasteiger partial charge < -0.3 is 5.32 Å². The van der Waals surface area contributed by atoms with E-state index in [0.717, 1.165) is 6.54 Å². The number of thiophene rings is 1. The third kappa shape index (κ3) is 2.51. The molecule has 1 unspecified atom stereocenters. The van der Waals surface area contributed by atoms with E-state index >= 15 is 0 Å². The molecule has 3 nitrogen and oxygen atoms in total. The highest BCUT2D eigenvalue weighted by Gasteiger charge is 2.07. The zero-order valence-corrected chi connectivity index (χ0v) is 10.7. The molecule has 2 heterocycles. The fourth-order valence-electron chi connectivity index (χ4n) is 1.62. The standard InChI is InChI=1S/C12H17N3S/c1-9-4-5-12(16-9)10(2)13-8-11-6-7-14-15(11)3/h4-7,10,13H,8H2,1-3H3. The van der Waals surface area contributed by atoms with Gasteiger partial charge in [0, 0.05) is 35.6 Å². The van der Waals surface area contributed by atoms with Crippen LogP contribution in [0.1, 0.15) is 28.4 Å². The number of hydrogen-bond acceptors (Lipinski definition) is 3. The van der Waals surface area contributed by atoms with Crippen molar-refractivity contribution in [2.45, 2.75) is 26.4 Å². The molecule has 2 aromatic rings. The summed E-state index contributed by atoms with van der Waals surface area (Å²) in [6.07, 6.45) is 1.83. The van der Waals surface area contributed by atoms with E-state index in [1.54, 1.807) is 0 Å². The molecule has 1 N–H and O–H groups in total. The Labute approximate surface area is 100 Å². The van der Waals surface area contributed by atoms with E-state index in [0.29, 0.717) is 6.04 Å². The maximum Gasteiger partial charge on any atom is 0.0518 e. The largest absolute Gasteiger partial charge is 0.304 e. The second-order valence-corrected chi connectivity index (χ2v) is 5.32. The van der Waals surface area contributed by atoms with Crippen molar-refractivity contribution >= 4 is 11.3 Å². The predicted molar refractivity (Wildman–Crippen MR) is 67.5 cm³/mol. The maximum absolute atomic E-state index is 4.15. The van der Waals surface area contributed by atoms with Gasteiger partial charge in [-0.25, -0.2) is 0 Å². The highest BCUT2D eigenvalue weighted by molar-refractivity contribution is 7.12. The number of aromatic nitrogens is 2. The van der Waals surface area contributed by atoms with Crippen molar-refractivity contribution in [3.05, 3.63) is 39.8 Å². The summed E-state index contributed by atoms with van der Waals surface area (Å²) in [5.74, 6) is 0. The number of rotatable bonds is 4. The third-order valence-corrected chi connectivity index (χ3v) is 3.88. The Hall–Kier alpha value is -1.13. The topological polar surface area (TPSA) is 29.9 Å². The first-order valence-corrected chi connectivity index (χ1v) is 6.25. The minimum atomic E-state index is 0.397. The minimum absolute atomic E-state index is 0.397. The first-order chi connectivity index (χ1) is 7.66. The molecule has 0 bridgehead atoms. The molecule has 0 aliphatic rings. The Morgan fingerprint density at radius 3 is 2.81 bits per heavy atom. The summed E-state index contributed by atoms with van der Waals surface area (Å²) in [6.45, 7) is 5.19. The van der Waals surface area contributed by atoms with E-state index in [2.05, 4.69) is 36.4 Å². The first kappa shape index (κ1) is 11.4. The number of nitrogens with zero attached hydrogens (tertiary/aromatic N) is 2. The van der Waals surface area contributed by atoms with Crippen molar-refractivity contribution in [2.75, 3.05) is 0 Å². The predicted octanol–water partition coefficient (Wildman–Crippen LogP) is 2.64. The number of nitrogens with one attached hydrogen (secondary N) is 1. The lowest BCUT2D eigenvalue weighted by Crippen LogP contribution is -2.18. The van der Waals surface area contributed by atoms with Gasteiger partial charge in [-0.15, -0.1) is 11.3 Å². The van der Waals surface area contributed by atoms with Crippen molar-refractivity contribution in [2.24, 2.45) is 7.05 Å². The van der Waals surface area contributed by atoms with Gasteiger partial charge in [-0.1, -0.05) is 0 Å². The summed E-state index contributed by atoms with van der Waals surface area (Å²) in [5, 5.41) is 7.66. The Balaban J connectivity index is 1.93. The monoisotopic (exact) mass is 235 g/mol. The lowest BCUT2D eigenvalue weighted by Gasteiger charge is -2.11. The molecule has 0 radical (unpaired) electrons. The molecule has 1 atom stereocenters. The van der Waals surface area contributed by atoms with Crippen molar-refractivity contribution < 1.29 is 0 Å². The van der Waals surface area contributed by atoms with Crippen LogP contribution in [0.5, 0.6) is 0 Å². The van der Waals surface area contributed by atoms with Gasteiger partial charge >= 0.3 is 0 Å². The minimum Gasteiger partial charge on any atom is -0.304 e. The van der Waals surface area contributed by atoms with Crippen LogP contribution in [0.3, 0.4) is 0 Å². The Morgan fingerprint density at radius 2 is 2.25 bits per heavy atom. The van der Waals surface area contributed by atoms with Gasteiger partial charge in [0.25, 0.3) is 0 Å². The number of hydrogen-bond donors (Lipinski definition) is 1. The normalized spacial score (nSPS) is 12.9. The zero-order chi connectivity index (χ0) is 11.5. The Bertz CT molecular complexity index is 458. The van der Waals surface area contributed by atoms with E-state index in [1.165, 1.54) is 15.4 Å². The lowest BCUT2D eigenvalue weighted by molar-refractivity contribution is 0.554. The average molecular weight is 235 g/mol. The number of aryl methyl sites for hydroxylation is 2. The molecule has 0 fully saturated rings.